The van der Waals surface area contributed by atoms with Crippen LogP contribution in [0.15, 0.2) is 39.8 Å². The summed E-state index contributed by atoms with van der Waals surface area (Å²) in [6, 6.07) is 4.98. The maximum atomic E-state index is 13.5. The van der Waals surface area contributed by atoms with Gasteiger partial charge in [0.1, 0.15) is 41.5 Å². The zero-order valence-corrected chi connectivity index (χ0v) is 26.2. The molecule has 11 nitrogen and oxygen atoms in total. The monoisotopic (exact) mass is 621 g/mol. The van der Waals surface area contributed by atoms with E-state index in [4.69, 9.17) is 29.8 Å². The summed E-state index contributed by atoms with van der Waals surface area (Å²) >= 11 is 0. The van der Waals surface area contributed by atoms with Crippen molar-refractivity contribution in [2.75, 3.05) is 6.61 Å². The third-order valence-corrected chi connectivity index (χ3v) is 10.2. The van der Waals surface area contributed by atoms with E-state index in [1.54, 1.807) is 37.5 Å². The lowest BCUT2D eigenvalue weighted by Gasteiger charge is -2.66. The fraction of sp³-hybridized carbons (Fsp3) is 0.559. The number of nitrogens with zero attached hydrogens (tertiary/aromatic N) is 1. The van der Waals surface area contributed by atoms with Crippen LogP contribution in [0.5, 0.6) is 5.75 Å². The SMILES string of the molecule is C#CCCC(=O)O[C@H]1C[C@H]2[C@](C)(COC(C)=O)[C@@H](OC(C)=O)CC[C@]2(C)[C@H]2[C@@H](O)c3c(cc(-c4cccnc4)oc3=O)O[C@]12C. The fourth-order valence-electron chi connectivity index (χ4n) is 8.23. The Morgan fingerprint density at radius 2 is 1.91 bits per heavy atom. The van der Waals surface area contributed by atoms with Crippen molar-refractivity contribution in [3.05, 3.63) is 46.6 Å². The molecule has 8 atom stereocenters. The van der Waals surface area contributed by atoms with Gasteiger partial charge in [0.15, 0.2) is 0 Å². The standard InChI is InChI=1S/C34H39NO10/c1-7-8-11-27(38)44-26-16-24-32(4,13-12-25(42-20(3)37)33(24,5)18-41-19(2)36)30-29(39)28-23(45-34(26,30)6)15-22(43-31(28)40)21-10-9-14-35-17-21/h1,9-10,14-15,17,24-26,29-30,39H,8,11-13,16,18H2,2-6H3/t24-,25+,26+,29+,30-,32+,33+,34-/m1/s1. The summed E-state index contributed by atoms with van der Waals surface area (Å²) in [5.41, 5.74) is -3.27. The van der Waals surface area contributed by atoms with E-state index in [0.717, 1.165) is 0 Å². The van der Waals surface area contributed by atoms with Crippen molar-refractivity contribution in [2.24, 2.45) is 22.7 Å². The molecule has 0 amide bonds. The van der Waals surface area contributed by atoms with Gasteiger partial charge in [0.25, 0.3) is 0 Å². The third-order valence-electron chi connectivity index (χ3n) is 10.2. The molecule has 5 rings (SSSR count). The van der Waals surface area contributed by atoms with Crippen LogP contribution in [0.2, 0.25) is 0 Å². The van der Waals surface area contributed by atoms with Crippen LogP contribution >= 0.6 is 0 Å². The van der Waals surface area contributed by atoms with Gasteiger partial charge in [-0.05, 0) is 49.7 Å². The molecule has 0 radical (unpaired) electrons. The second kappa shape index (κ2) is 12.0. The van der Waals surface area contributed by atoms with E-state index < -0.39 is 70.1 Å². The molecular weight excluding hydrogens is 582 g/mol. The summed E-state index contributed by atoms with van der Waals surface area (Å²) in [6.45, 7) is 8.20. The van der Waals surface area contributed by atoms with Crippen LogP contribution in [0.1, 0.15) is 78.4 Å². The number of carbonyl (C=O) groups is 3. The minimum Gasteiger partial charge on any atom is -0.482 e. The molecule has 0 saturated heterocycles. The Balaban J connectivity index is 1.66. The predicted molar refractivity (Wildman–Crippen MR) is 159 cm³/mol. The number of aliphatic hydroxyl groups is 1. The van der Waals surface area contributed by atoms with Crippen molar-refractivity contribution in [3.8, 4) is 29.4 Å². The van der Waals surface area contributed by atoms with Crippen molar-refractivity contribution < 1.29 is 42.9 Å². The topological polar surface area (TPSA) is 151 Å². The van der Waals surface area contributed by atoms with Crippen LogP contribution in [-0.4, -0.2) is 52.4 Å². The normalized spacial score (nSPS) is 33.2. The maximum Gasteiger partial charge on any atom is 0.345 e. The molecular formula is C34H39NO10. The summed E-state index contributed by atoms with van der Waals surface area (Å²) < 4.78 is 29.8. The molecule has 0 unspecified atom stereocenters. The number of aliphatic hydroxyl groups excluding tert-OH is 1. The first-order valence-electron chi connectivity index (χ1n) is 15.1. The molecule has 2 aromatic heterocycles. The minimum absolute atomic E-state index is 0.0235. The van der Waals surface area contributed by atoms with Crippen molar-refractivity contribution in [1.82, 2.24) is 4.98 Å². The van der Waals surface area contributed by atoms with Gasteiger partial charge < -0.3 is 28.5 Å². The Hall–Kier alpha value is -4.17. The molecule has 2 aliphatic carbocycles. The van der Waals surface area contributed by atoms with E-state index in [-0.39, 0.29) is 42.9 Å². The van der Waals surface area contributed by atoms with E-state index in [2.05, 4.69) is 10.9 Å². The molecule has 240 valence electrons. The van der Waals surface area contributed by atoms with E-state index in [1.807, 2.05) is 13.8 Å². The smallest absolute Gasteiger partial charge is 0.345 e. The second-order valence-corrected chi connectivity index (χ2v) is 13.0. The Kier molecular flexibility index (Phi) is 8.57. The average Bonchev–Trinajstić information content (AvgIpc) is 2.97. The Morgan fingerprint density at radius 1 is 1.16 bits per heavy atom. The van der Waals surface area contributed by atoms with Crippen LogP contribution < -0.4 is 10.4 Å². The number of carbonyl (C=O) groups excluding carboxylic acids is 3. The third kappa shape index (κ3) is 5.61. The highest BCUT2D eigenvalue weighted by molar-refractivity contribution is 5.70. The largest absolute Gasteiger partial charge is 0.482 e. The van der Waals surface area contributed by atoms with Gasteiger partial charge in [-0.25, -0.2) is 4.79 Å². The van der Waals surface area contributed by atoms with Gasteiger partial charge in [0, 0.05) is 55.6 Å². The van der Waals surface area contributed by atoms with Gasteiger partial charge >= 0.3 is 23.5 Å². The van der Waals surface area contributed by atoms with Crippen LogP contribution in [0.3, 0.4) is 0 Å². The van der Waals surface area contributed by atoms with E-state index in [0.29, 0.717) is 18.4 Å². The fourth-order valence-corrected chi connectivity index (χ4v) is 8.23. The Labute approximate surface area is 261 Å². The Morgan fingerprint density at radius 3 is 2.56 bits per heavy atom. The van der Waals surface area contributed by atoms with Gasteiger partial charge in [-0.3, -0.25) is 19.4 Å². The Bertz CT molecular complexity index is 1580. The molecule has 2 saturated carbocycles. The van der Waals surface area contributed by atoms with Gasteiger partial charge in [-0.2, -0.15) is 0 Å². The van der Waals surface area contributed by atoms with E-state index in [9.17, 15) is 24.3 Å². The molecule has 0 spiro atoms. The molecule has 2 fully saturated rings. The van der Waals surface area contributed by atoms with Crippen molar-refractivity contribution in [2.45, 2.75) is 90.6 Å². The number of fused-ring (bicyclic) bond motifs is 4. The van der Waals surface area contributed by atoms with Gasteiger partial charge in [0.05, 0.1) is 12.5 Å². The highest BCUT2D eigenvalue weighted by Crippen LogP contribution is 2.67. The quantitative estimate of drug-likeness (QED) is 0.270. The highest BCUT2D eigenvalue weighted by atomic mass is 16.6. The summed E-state index contributed by atoms with van der Waals surface area (Å²) in [4.78, 5) is 54.9. The lowest BCUT2D eigenvalue weighted by atomic mass is 9.42. The molecule has 3 heterocycles. The number of esters is 3. The minimum atomic E-state index is -1.37. The summed E-state index contributed by atoms with van der Waals surface area (Å²) in [6.07, 6.45) is 6.87. The molecule has 3 aliphatic rings. The molecule has 45 heavy (non-hydrogen) atoms. The number of terminal acetylenes is 1. The number of aromatic nitrogens is 1. The summed E-state index contributed by atoms with van der Waals surface area (Å²) in [5.74, 6) is 0.0486. The van der Waals surface area contributed by atoms with Crippen LogP contribution in [0.4, 0.5) is 0 Å². The zero-order chi connectivity index (χ0) is 32.7. The first-order chi connectivity index (χ1) is 21.2. The predicted octanol–water partition coefficient (Wildman–Crippen LogP) is 4.15. The van der Waals surface area contributed by atoms with Gasteiger partial charge in [-0.15, -0.1) is 12.3 Å². The van der Waals surface area contributed by atoms with Crippen LogP contribution in [0, 0.1) is 35.0 Å². The zero-order valence-electron chi connectivity index (χ0n) is 26.2. The van der Waals surface area contributed by atoms with E-state index >= 15 is 0 Å². The lowest BCUT2D eigenvalue weighted by Crippen LogP contribution is -2.71. The maximum absolute atomic E-state index is 13.5. The van der Waals surface area contributed by atoms with E-state index in [1.165, 1.54) is 13.8 Å². The summed E-state index contributed by atoms with van der Waals surface area (Å²) in [5, 5.41) is 12.2. The molecule has 0 bridgehead atoms. The molecule has 11 heteroatoms. The number of hydrogen-bond donors (Lipinski definition) is 1. The van der Waals surface area contributed by atoms with Crippen molar-refractivity contribution in [3.63, 3.8) is 0 Å². The molecule has 2 aromatic rings. The second-order valence-electron chi connectivity index (χ2n) is 13.0. The van der Waals surface area contributed by atoms with Crippen LogP contribution in [0.25, 0.3) is 11.3 Å². The molecule has 1 aliphatic heterocycles. The lowest BCUT2D eigenvalue weighted by molar-refractivity contribution is -0.271. The number of hydrogen-bond acceptors (Lipinski definition) is 11. The number of pyridine rings is 1. The summed E-state index contributed by atoms with van der Waals surface area (Å²) in [7, 11) is 0. The van der Waals surface area contributed by atoms with Crippen molar-refractivity contribution in [1.29, 1.82) is 0 Å². The average molecular weight is 622 g/mol. The first-order valence-corrected chi connectivity index (χ1v) is 15.1. The molecule has 1 N–H and O–H groups in total. The molecule has 0 aromatic carbocycles. The number of ether oxygens (including phenoxy) is 4. The highest BCUT2D eigenvalue weighted by Gasteiger charge is 2.70. The first kappa shape index (κ1) is 32.2. The van der Waals surface area contributed by atoms with Crippen LogP contribution in [-0.2, 0) is 28.6 Å². The number of rotatable bonds is 7. The van der Waals surface area contributed by atoms with Crippen molar-refractivity contribution >= 4 is 17.9 Å². The van der Waals surface area contributed by atoms with Gasteiger partial charge in [-0.1, -0.05) is 13.8 Å². The van der Waals surface area contributed by atoms with Gasteiger partial charge in [0.2, 0.25) is 0 Å².